The standard InChI is InChI=1S/C22H19N5O4/c28-13-19(20(29)14-7-9-16(10-8-14)27(30)31)25-22-17-5-1-2-6-18(17)24-21(26-22)15-4-3-11-23-12-15/h1-12,19-20,28-29H,13H2,(H,24,25,26). The number of benzene rings is 2. The van der Waals surface area contributed by atoms with Gasteiger partial charge in [-0.25, -0.2) is 9.97 Å². The molecule has 0 aliphatic rings. The first-order valence-corrected chi connectivity index (χ1v) is 9.54. The summed E-state index contributed by atoms with van der Waals surface area (Å²) in [5, 5.41) is 35.4. The number of nitro benzene ring substituents is 1. The van der Waals surface area contributed by atoms with Crippen LogP contribution in [0.1, 0.15) is 11.7 Å². The van der Waals surface area contributed by atoms with Gasteiger partial charge in [0.15, 0.2) is 5.82 Å². The second-order valence-electron chi connectivity index (χ2n) is 6.88. The van der Waals surface area contributed by atoms with E-state index in [-0.39, 0.29) is 5.69 Å². The summed E-state index contributed by atoms with van der Waals surface area (Å²) in [6.07, 6.45) is 2.19. The molecular weight excluding hydrogens is 398 g/mol. The lowest BCUT2D eigenvalue weighted by atomic mass is 10.0. The van der Waals surface area contributed by atoms with Crippen LogP contribution in [0.4, 0.5) is 11.5 Å². The van der Waals surface area contributed by atoms with Crippen LogP contribution in [0.3, 0.4) is 0 Å². The average molecular weight is 417 g/mol. The van der Waals surface area contributed by atoms with E-state index in [9.17, 15) is 20.3 Å². The van der Waals surface area contributed by atoms with E-state index in [4.69, 9.17) is 0 Å². The molecule has 2 unspecified atom stereocenters. The number of aromatic nitrogens is 3. The summed E-state index contributed by atoms with van der Waals surface area (Å²) in [4.78, 5) is 23.6. The Morgan fingerprint density at radius 3 is 2.48 bits per heavy atom. The normalized spacial score (nSPS) is 13.0. The SMILES string of the molecule is O=[N+]([O-])c1ccc(C(O)C(CO)Nc2nc(-c3cccnc3)nc3ccccc23)cc1. The second-order valence-corrected chi connectivity index (χ2v) is 6.88. The molecule has 0 saturated carbocycles. The monoisotopic (exact) mass is 417 g/mol. The number of para-hydroxylation sites is 1. The minimum atomic E-state index is -1.12. The number of hydrogen-bond acceptors (Lipinski definition) is 8. The molecule has 156 valence electrons. The van der Waals surface area contributed by atoms with E-state index < -0.39 is 23.7 Å². The molecule has 0 aliphatic heterocycles. The Hall–Kier alpha value is -3.95. The first-order chi connectivity index (χ1) is 15.1. The summed E-state index contributed by atoms with van der Waals surface area (Å²) in [6, 6.07) is 15.8. The lowest BCUT2D eigenvalue weighted by Gasteiger charge is -2.24. The Morgan fingerprint density at radius 1 is 1.03 bits per heavy atom. The van der Waals surface area contributed by atoms with Gasteiger partial charge in [0.2, 0.25) is 0 Å². The summed E-state index contributed by atoms with van der Waals surface area (Å²) < 4.78 is 0. The molecular formula is C22H19N5O4. The number of nitrogens with zero attached hydrogens (tertiary/aromatic N) is 4. The zero-order valence-corrected chi connectivity index (χ0v) is 16.3. The first-order valence-electron chi connectivity index (χ1n) is 9.54. The fraction of sp³-hybridized carbons (Fsp3) is 0.136. The fourth-order valence-electron chi connectivity index (χ4n) is 3.24. The third kappa shape index (κ3) is 4.32. The van der Waals surface area contributed by atoms with Crippen molar-refractivity contribution < 1.29 is 15.1 Å². The molecule has 4 aromatic rings. The summed E-state index contributed by atoms with van der Waals surface area (Å²) in [5.41, 5.74) is 1.78. The molecule has 0 aliphatic carbocycles. The van der Waals surface area contributed by atoms with Gasteiger partial charge in [0.05, 0.1) is 23.1 Å². The Kier molecular flexibility index (Phi) is 5.78. The third-order valence-corrected chi connectivity index (χ3v) is 4.87. The maximum absolute atomic E-state index is 10.9. The van der Waals surface area contributed by atoms with E-state index in [1.807, 2.05) is 30.3 Å². The minimum absolute atomic E-state index is 0.0765. The Bertz CT molecular complexity index is 1200. The van der Waals surface area contributed by atoms with Gasteiger partial charge < -0.3 is 15.5 Å². The van der Waals surface area contributed by atoms with Crippen molar-refractivity contribution in [3.05, 3.63) is 88.7 Å². The van der Waals surface area contributed by atoms with Gasteiger partial charge >= 0.3 is 0 Å². The highest BCUT2D eigenvalue weighted by Gasteiger charge is 2.23. The van der Waals surface area contributed by atoms with Crippen LogP contribution in [-0.2, 0) is 0 Å². The van der Waals surface area contributed by atoms with Crippen molar-refractivity contribution in [3.8, 4) is 11.4 Å². The van der Waals surface area contributed by atoms with Crippen LogP contribution in [0.5, 0.6) is 0 Å². The predicted molar refractivity (Wildman–Crippen MR) is 115 cm³/mol. The molecule has 9 nitrogen and oxygen atoms in total. The van der Waals surface area contributed by atoms with Crippen molar-refractivity contribution in [2.45, 2.75) is 12.1 Å². The number of hydrogen-bond donors (Lipinski definition) is 3. The van der Waals surface area contributed by atoms with Crippen LogP contribution in [0.15, 0.2) is 73.1 Å². The largest absolute Gasteiger partial charge is 0.394 e. The summed E-state index contributed by atoms with van der Waals surface area (Å²) in [6.45, 7) is -0.390. The van der Waals surface area contributed by atoms with Crippen molar-refractivity contribution >= 4 is 22.4 Å². The van der Waals surface area contributed by atoms with Gasteiger partial charge in [0, 0.05) is 35.5 Å². The van der Waals surface area contributed by atoms with Crippen molar-refractivity contribution in [2.75, 3.05) is 11.9 Å². The van der Waals surface area contributed by atoms with E-state index in [2.05, 4.69) is 20.3 Å². The van der Waals surface area contributed by atoms with Gasteiger partial charge in [-0.15, -0.1) is 0 Å². The Morgan fingerprint density at radius 2 is 1.81 bits per heavy atom. The minimum Gasteiger partial charge on any atom is -0.394 e. The van der Waals surface area contributed by atoms with Crippen LogP contribution < -0.4 is 5.32 Å². The summed E-state index contributed by atoms with van der Waals surface area (Å²) in [7, 11) is 0. The molecule has 9 heteroatoms. The number of pyridine rings is 1. The number of aliphatic hydroxyl groups is 2. The molecule has 0 spiro atoms. The van der Waals surface area contributed by atoms with Crippen LogP contribution >= 0.6 is 0 Å². The molecule has 3 N–H and O–H groups in total. The highest BCUT2D eigenvalue weighted by Crippen LogP contribution is 2.28. The highest BCUT2D eigenvalue weighted by molar-refractivity contribution is 5.90. The number of anilines is 1. The molecule has 0 bridgehead atoms. The fourth-order valence-corrected chi connectivity index (χ4v) is 3.24. The van der Waals surface area contributed by atoms with Crippen molar-refractivity contribution in [1.29, 1.82) is 0 Å². The maximum Gasteiger partial charge on any atom is 0.269 e. The number of non-ortho nitro benzene ring substituents is 1. The topological polar surface area (TPSA) is 134 Å². The van der Waals surface area contributed by atoms with Crippen molar-refractivity contribution in [2.24, 2.45) is 0 Å². The van der Waals surface area contributed by atoms with Gasteiger partial charge in [0.1, 0.15) is 11.9 Å². The molecule has 0 fully saturated rings. The quantitative estimate of drug-likeness (QED) is 0.308. The molecule has 0 radical (unpaired) electrons. The van der Waals surface area contributed by atoms with Crippen molar-refractivity contribution in [3.63, 3.8) is 0 Å². The van der Waals surface area contributed by atoms with E-state index in [0.29, 0.717) is 22.7 Å². The Balaban J connectivity index is 1.69. The van der Waals surface area contributed by atoms with E-state index >= 15 is 0 Å². The summed E-state index contributed by atoms with van der Waals surface area (Å²) >= 11 is 0. The van der Waals surface area contributed by atoms with Crippen LogP contribution in [-0.4, -0.2) is 42.7 Å². The van der Waals surface area contributed by atoms with Gasteiger partial charge in [0.25, 0.3) is 5.69 Å². The molecule has 0 saturated heterocycles. The smallest absolute Gasteiger partial charge is 0.269 e. The van der Waals surface area contributed by atoms with E-state index in [1.54, 1.807) is 18.5 Å². The van der Waals surface area contributed by atoms with Crippen molar-refractivity contribution in [1.82, 2.24) is 15.0 Å². The second kappa shape index (κ2) is 8.82. The zero-order valence-electron chi connectivity index (χ0n) is 16.3. The van der Waals surface area contributed by atoms with Gasteiger partial charge in [-0.2, -0.15) is 0 Å². The first kappa shape index (κ1) is 20.3. The molecule has 2 aromatic heterocycles. The maximum atomic E-state index is 10.9. The molecule has 2 aromatic carbocycles. The molecule has 31 heavy (non-hydrogen) atoms. The zero-order chi connectivity index (χ0) is 21.8. The third-order valence-electron chi connectivity index (χ3n) is 4.87. The van der Waals surface area contributed by atoms with Gasteiger partial charge in [-0.3, -0.25) is 15.1 Å². The van der Waals surface area contributed by atoms with Gasteiger partial charge in [-0.1, -0.05) is 12.1 Å². The van der Waals surface area contributed by atoms with Crippen LogP contribution in [0.25, 0.3) is 22.3 Å². The number of aliphatic hydroxyl groups excluding tert-OH is 2. The molecule has 2 atom stereocenters. The van der Waals surface area contributed by atoms with E-state index in [1.165, 1.54) is 24.3 Å². The van der Waals surface area contributed by atoms with Crippen LogP contribution in [0.2, 0.25) is 0 Å². The molecule has 0 amide bonds. The highest BCUT2D eigenvalue weighted by atomic mass is 16.6. The average Bonchev–Trinajstić information content (AvgIpc) is 2.82. The lowest BCUT2D eigenvalue weighted by molar-refractivity contribution is -0.384. The lowest BCUT2D eigenvalue weighted by Crippen LogP contribution is -2.31. The number of fused-ring (bicyclic) bond motifs is 1. The molecule has 4 rings (SSSR count). The summed E-state index contributed by atoms with van der Waals surface area (Å²) in [5.74, 6) is 0.903. The van der Waals surface area contributed by atoms with Crippen LogP contribution in [0, 0.1) is 10.1 Å². The number of nitro groups is 1. The van der Waals surface area contributed by atoms with Gasteiger partial charge in [-0.05, 0) is 42.0 Å². The predicted octanol–water partition coefficient (Wildman–Crippen LogP) is 3.11. The molecule has 2 heterocycles. The Labute approximate surface area is 177 Å². The number of rotatable bonds is 7. The van der Waals surface area contributed by atoms with E-state index in [0.717, 1.165) is 10.9 Å². The number of nitrogens with one attached hydrogen (secondary N) is 1.